The molecule has 0 radical (unpaired) electrons. The Balaban J connectivity index is 1.95. The quantitative estimate of drug-likeness (QED) is 0.628. The fraction of sp³-hybridized carbons (Fsp3) is 0.235. The van der Waals surface area contributed by atoms with Crippen LogP contribution in [0, 0.1) is 3.57 Å². The van der Waals surface area contributed by atoms with Crippen molar-refractivity contribution in [3.8, 4) is 0 Å². The maximum atomic E-state index is 12.1. The van der Waals surface area contributed by atoms with Gasteiger partial charge in [0.1, 0.15) is 0 Å². The molecule has 116 valence electrons. The Labute approximate surface area is 153 Å². The molecule has 2 N–H and O–H groups in total. The molecule has 2 rings (SSSR count). The maximum absolute atomic E-state index is 12.1. The minimum atomic E-state index is -0.276. The van der Waals surface area contributed by atoms with E-state index in [1.165, 1.54) is 0 Å². The van der Waals surface area contributed by atoms with Gasteiger partial charge in [-0.3, -0.25) is 10.1 Å². The first kappa shape index (κ1) is 17.4. The molecule has 0 aliphatic carbocycles. The number of para-hydroxylation sites is 1. The SMILES string of the molecule is CC(C)(NCC(=O)Nc1ccccc1I)c1ccc(Br)cc1. The summed E-state index contributed by atoms with van der Waals surface area (Å²) >= 11 is 5.64. The summed E-state index contributed by atoms with van der Waals surface area (Å²) in [4.78, 5) is 12.1. The lowest BCUT2D eigenvalue weighted by atomic mass is 9.94. The Hall–Kier alpha value is -0.920. The summed E-state index contributed by atoms with van der Waals surface area (Å²) in [7, 11) is 0. The number of anilines is 1. The lowest BCUT2D eigenvalue weighted by Gasteiger charge is -2.27. The third kappa shape index (κ3) is 4.79. The van der Waals surface area contributed by atoms with E-state index in [1.54, 1.807) is 0 Å². The van der Waals surface area contributed by atoms with E-state index in [2.05, 4.69) is 75.1 Å². The summed E-state index contributed by atoms with van der Waals surface area (Å²) in [5.74, 6) is -0.0469. The zero-order valence-electron chi connectivity index (χ0n) is 12.5. The smallest absolute Gasteiger partial charge is 0.238 e. The summed E-state index contributed by atoms with van der Waals surface area (Å²) in [5.41, 5.74) is 1.70. The number of nitrogens with one attached hydrogen (secondary N) is 2. The van der Waals surface area contributed by atoms with E-state index in [9.17, 15) is 4.79 Å². The second kappa shape index (κ2) is 7.57. The van der Waals surface area contributed by atoms with E-state index in [4.69, 9.17) is 0 Å². The van der Waals surface area contributed by atoms with E-state index in [1.807, 2.05) is 36.4 Å². The number of halogens is 2. The van der Waals surface area contributed by atoms with Gasteiger partial charge in [0.2, 0.25) is 5.91 Å². The van der Waals surface area contributed by atoms with E-state index in [-0.39, 0.29) is 18.0 Å². The molecule has 2 aromatic rings. The van der Waals surface area contributed by atoms with Crippen molar-refractivity contribution in [1.82, 2.24) is 5.32 Å². The number of hydrogen-bond donors (Lipinski definition) is 2. The van der Waals surface area contributed by atoms with Crippen molar-refractivity contribution in [2.24, 2.45) is 0 Å². The second-order valence-electron chi connectivity index (χ2n) is 5.51. The monoisotopic (exact) mass is 472 g/mol. The Morgan fingerprint density at radius 1 is 1.14 bits per heavy atom. The van der Waals surface area contributed by atoms with Crippen molar-refractivity contribution in [2.75, 3.05) is 11.9 Å². The van der Waals surface area contributed by atoms with Gasteiger partial charge in [0.25, 0.3) is 0 Å². The van der Waals surface area contributed by atoms with E-state index >= 15 is 0 Å². The van der Waals surface area contributed by atoms with Crippen molar-refractivity contribution in [1.29, 1.82) is 0 Å². The van der Waals surface area contributed by atoms with Crippen molar-refractivity contribution >= 4 is 50.1 Å². The Morgan fingerprint density at radius 3 is 2.41 bits per heavy atom. The molecule has 0 saturated carbocycles. The van der Waals surface area contributed by atoms with Gasteiger partial charge in [0, 0.05) is 13.6 Å². The van der Waals surface area contributed by atoms with Crippen LogP contribution in [0.4, 0.5) is 5.69 Å². The molecule has 0 atom stereocenters. The molecule has 0 aliphatic heterocycles. The number of rotatable bonds is 5. The van der Waals surface area contributed by atoms with Crippen molar-refractivity contribution in [3.05, 3.63) is 62.1 Å². The first-order chi connectivity index (χ1) is 10.4. The van der Waals surface area contributed by atoms with Crippen LogP contribution in [-0.2, 0) is 10.3 Å². The van der Waals surface area contributed by atoms with Crippen LogP contribution in [0.25, 0.3) is 0 Å². The average molecular weight is 473 g/mol. The van der Waals surface area contributed by atoms with Crippen LogP contribution in [0.1, 0.15) is 19.4 Å². The fourth-order valence-corrected chi connectivity index (χ4v) is 2.81. The van der Waals surface area contributed by atoms with Gasteiger partial charge in [-0.25, -0.2) is 0 Å². The van der Waals surface area contributed by atoms with Crippen molar-refractivity contribution in [3.63, 3.8) is 0 Å². The Morgan fingerprint density at radius 2 is 1.77 bits per heavy atom. The molecule has 2 aromatic carbocycles. The van der Waals surface area contributed by atoms with Crippen molar-refractivity contribution < 1.29 is 4.79 Å². The van der Waals surface area contributed by atoms with Gasteiger partial charge in [-0.05, 0) is 66.3 Å². The van der Waals surface area contributed by atoms with Gasteiger partial charge in [-0.2, -0.15) is 0 Å². The van der Waals surface area contributed by atoms with Gasteiger partial charge in [-0.1, -0.05) is 40.2 Å². The van der Waals surface area contributed by atoms with Crippen LogP contribution in [-0.4, -0.2) is 12.5 Å². The highest BCUT2D eigenvalue weighted by atomic mass is 127. The van der Waals surface area contributed by atoms with Gasteiger partial charge in [0.15, 0.2) is 0 Å². The molecule has 1 amide bonds. The van der Waals surface area contributed by atoms with Crippen LogP contribution in [0.2, 0.25) is 0 Å². The number of carbonyl (C=O) groups is 1. The van der Waals surface area contributed by atoms with Gasteiger partial charge < -0.3 is 5.32 Å². The van der Waals surface area contributed by atoms with Crippen LogP contribution >= 0.6 is 38.5 Å². The summed E-state index contributed by atoms with van der Waals surface area (Å²) in [6.45, 7) is 4.39. The maximum Gasteiger partial charge on any atom is 0.238 e. The molecule has 0 fully saturated rings. The van der Waals surface area contributed by atoms with Gasteiger partial charge >= 0.3 is 0 Å². The zero-order chi connectivity index (χ0) is 16.2. The summed E-state index contributed by atoms with van der Waals surface area (Å²) in [5, 5.41) is 6.23. The predicted molar refractivity (Wildman–Crippen MR) is 103 cm³/mol. The molecule has 3 nitrogen and oxygen atoms in total. The highest BCUT2D eigenvalue weighted by molar-refractivity contribution is 14.1. The van der Waals surface area contributed by atoms with Crippen LogP contribution < -0.4 is 10.6 Å². The van der Waals surface area contributed by atoms with E-state index < -0.39 is 0 Å². The molecular weight excluding hydrogens is 455 g/mol. The molecule has 0 aliphatic rings. The minimum absolute atomic E-state index is 0.0469. The Kier molecular flexibility index (Phi) is 6.00. The first-order valence-electron chi connectivity index (χ1n) is 6.94. The molecule has 0 unspecified atom stereocenters. The topological polar surface area (TPSA) is 41.1 Å². The fourth-order valence-electron chi connectivity index (χ4n) is 2.03. The highest BCUT2D eigenvalue weighted by Crippen LogP contribution is 2.22. The molecule has 0 bridgehead atoms. The van der Waals surface area contributed by atoms with Crippen LogP contribution in [0.15, 0.2) is 53.0 Å². The van der Waals surface area contributed by atoms with Crippen molar-refractivity contribution in [2.45, 2.75) is 19.4 Å². The van der Waals surface area contributed by atoms with Crippen LogP contribution in [0.5, 0.6) is 0 Å². The second-order valence-corrected chi connectivity index (χ2v) is 7.59. The lowest BCUT2D eigenvalue weighted by Crippen LogP contribution is -2.41. The molecule has 0 aromatic heterocycles. The average Bonchev–Trinajstić information content (AvgIpc) is 2.48. The first-order valence-corrected chi connectivity index (χ1v) is 8.81. The number of amides is 1. The number of carbonyl (C=O) groups excluding carboxylic acids is 1. The molecule has 22 heavy (non-hydrogen) atoms. The van der Waals surface area contributed by atoms with E-state index in [0.29, 0.717) is 0 Å². The predicted octanol–water partition coefficient (Wildman–Crippen LogP) is 4.52. The third-order valence-electron chi connectivity index (χ3n) is 3.40. The summed E-state index contributed by atoms with van der Waals surface area (Å²) in [6.07, 6.45) is 0. The Bertz CT molecular complexity index is 656. The normalized spacial score (nSPS) is 11.3. The molecular formula is C17H18BrIN2O. The lowest BCUT2D eigenvalue weighted by molar-refractivity contribution is -0.115. The standard InChI is InChI=1S/C17H18BrIN2O/c1-17(2,12-7-9-13(18)10-8-12)20-11-16(22)21-15-6-4-3-5-14(15)19/h3-10,20H,11H2,1-2H3,(H,21,22). The third-order valence-corrected chi connectivity index (χ3v) is 4.87. The highest BCUT2D eigenvalue weighted by Gasteiger charge is 2.20. The minimum Gasteiger partial charge on any atom is -0.324 e. The summed E-state index contributed by atoms with van der Waals surface area (Å²) < 4.78 is 2.07. The summed E-state index contributed by atoms with van der Waals surface area (Å²) in [6, 6.07) is 15.8. The van der Waals surface area contributed by atoms with Crippen LogP contribution in [0.3, 0.4) is 0 Å². The van der Waals surface area contributed by atoms with Gasteiger partial charge in [0.05, 0.1) is 12.2 Å². The number of hydrogen-bond acceptors (Lipinski definition) is 2. The van der Waals surface area contributed by atoms with E-state index in [0.717, 1.165) is 19.3 Å². The largest absolute Gasteiger partial charge is 0.324 e. The number of benzene rings is 2. The molecule has 0 saturated heterocycles. The molecule has 0 heterocycles. The zero-order valence-corrected chi connectivity index (χ0v) is 16.2. The van der Waals surface area contributed by atoms with Gasteiger partial charge in [-0.15, -0.1) is 0 Å². The molecule has 0 spiro atoms. The molecule has 5 heteroatoms.